The van der Waals surface area contributed by atoms with E-state index in [-0.39, 0.29) is 23.3 Å². The van der Waals surface area contributed by atoms with Crippen LogP contribution in [-0.4, -0.2) is 76.8 Å². The van der Waals surface area contributed by atoms with E-state index in [1.54, 1.807) is 19.9 Å². The number of esters is 1. The van der Waals surface area contributed by atoms with Gasteiger partial charge in [0.25, 0.3) is 5.69 Å². The number of fused-ring (bicyclic) bond motifs is 1. The van der Waals surface area contributed by atoms with Crippen LogP contribution < -0.4 is 15.0 Å². The fraction of sp³-hybridized carbons (Fsp3) is 0.387. The van der Waals surface area contributed by atoms with E-state index in [0.29, 0.717) is 35.4 Å². The number of benzene rings is 2. The molecule has 0 amide bonds. The van der Waals surface area contributed by atoms with E-state index in [0.717, 1.165) is 35.9 Å². The molecule has 2 aromatic carbocycles. The van der Waals surface area contributed by atoms with Gasteiger partial charge in [-0.1, -0.05) is 18.2 Å². The van der Waals surface area contributed by atoms with Gasteiger partial charge in [-0.05, 0) is 46.3 Å². The number of anilines is 3. The fourth-order valence-corrected chi connectivity index (χ4v) is 5.63. The Labute approximate surface area is 250 Å². The molecule has 1 atom stereocenters. The Bertz CT molecular complexity index is 1670. The summed E-state index contributed by atoms with van der Waals surface area (Å²) in [6.07, 6.45) is 5.14. The molecule has 4 aromatic rings. The summed E-state index contributed by atoms with van der Waals surface area (Å²) in [4.78, 5) is 38.2. The highest BCUT2D eigenvalue weighted by Crippen LogP contribution is 2.40. The number of hydrogen-bond acceptors (Lipinski definition) is 10. The average Bonchev–Trinajstić information content (AvgIpc) is 3.54. The van der Waals surface area contributed by atoms with Crippen molar-refractivity contribution in [1.82, 2.24) is 19.4 Å². The standard InChI is InChI=1S/C31H37N7O5/c1-19(2)43-30(39)22-16-32-31(34-29(22)23-18-37(5)25-12-8-7-11-21(23)25)33-24-14-27(38(40)41)26(15-28(24)42-6)36(4)17-20-10-9-13-35(20)3/h7-8,11-12,14-16,18-20H,9-10,13,17H2,1-6H3,(H,32,33,34)/t20-/m0/s1. The molecule has 0 unspecified atom stereocenters. The second-order valence-electron chi connectivity index (χ2n) is 11.2. The van der Waals surface area contributed by atoms with Gasteiger partial charge in [-0.3, -0.25) is 10.1 Å². The Morgan fingerprint density at radius 3 is 2.70 bits per heavy atom. The number of likely N-dealkylation sites (N-methyl/N-ethyl adjacent to an activating group) is 2. The molecule has 3 heterocycles. The van der Waals surface area contributed by atoms with Crippen molar-refractivity contribution in [3.05, 3.63) is 64.5 Å². The number of hydrogen-bond donors (Lipinski definition) is 1. The van der Waals surface area contributed by atoms with E-state index in [1.807, 2.05) is 54.0 Å². The summed E-state index contributed by atoms with van der Waals surface area (Å²) in [5.74, 6) is -0.00542. The maximum absolute atomic E-state index is 13.1. The van der Waals surface area contributed by atoms with E-state index >= 15 is 0 Å². The van der Waals surface area contributed by atoms with Crippen molar-refractivity contribution in [3.8, 4) is 17.0 Å². The molecule has 1 aliphatic heterocycles. The third kappa shape index (κ3) is 6.09. The summed E-state index contributed by atoms with van der Waals surface area (Å²) in [6.45, 7) is 5.22. The minimum atomic E-state index is -0.544. The summed E-state index contributed by atoms with van der Waals surface area (Å²) in [5.41, 5.74) is 2.99. The Morgan fingerprint density at radius 2 is 2.02 bits per heavy atom. The van der Waals surface area contributed by atoms with E-state index in [9.17, 15) is 14.9 Å². The molecule has 0 bridgehead atoms. The fourth-order valence-electron chi connectivity index (χ4n) is 5.63. The van der Waals surface area contributed by atoms with Crippen LogP contribution in [0.2, 0.25) is 0 Å². The Balaban J connectivity index is 1.55. The first-order valence-corrected chi connectivity index (χ1v) is 14.2. The van der Waals surface area contributed by atoms with Gasteiger partial charge in [0.05, 0.1) is 29.5 Å². The zero-order valence-electron chi connectivity index (χ0n) is 25.3. The second kappa shape index (κ2) is 12.3. The number of para-hydroxylation sites is 1. The number of ether oxygens (including phenoxy) is 2. The number of carbonyl (C=O) groups excluding carboxylic acids is 1. The molecule has 0 radical (unpaired) electrons. The van der Waals surface area contributed by atoms with Crippen LogP contribution in [0, 0.1) is 10.1 Å². The van der Waals surface area contributed by atoms with E-state index < -0.39 is 10.9 Å². The number of aromatic nitrogens is 3. The van der Waals surface area contributed by atoms with Crippen molar-refractivity contribution in [3.63, 3.8) is 0 Å². The first-order valence-electron chi connectivity index (χ1n) is 14.2. The summed E-state index contributed by atoms with van der Waals surface area (Å²) in [7, 11) is 7.36. The SMILES string of the molecule is COc1cc(N(C)C[C@@H]2CCCN2C)c([N+](=O)[O-])cc1Nc1ncc(C(=O)OC(C)C)c(-c2cn(C)c3ccccc23)n1. The van der Waals surface area contributed by atoms with Crippen molar-refractivity contribution in [2.24, 2.45) is 7.05 Å². The van der Waals surface area contributed by atoms with Crippen LogP contribution in [0.25, 0.3) is 22.2 Å². The van der Waals surface area contributed by atoms with Crippen LogP contribution in [-0.2, 0) is 11.8 Å². The molecule has 1 N–H and O–H groups in total. The van der Waals surface area contributed by atoms with Gasteiger partial charge >= 0.3 is 5.97 Å². The number of rotatable bonds is 10. The smallest absolute Gasteiger partial charge is 0.342 e. The Hall–Kier alpha value is -4.71. The number of likely N-dealkylation sites (tertiary alicyclic amines) is 1. The van der Waals surface area contributed by atoms with Crippen LogP contribution in [0.4, 0.5) is 23.0 Å². The van der Waals surface area contributed by atoms with Crippen molar-refractivity contribution in [1.29, 1.82) is 0 Å². The maximum atomic E-state index is 13.1. The molecular weight excluding hydrogens is 550 g/mol. The lowest BCUT2D eigenvalue weighted by Gasteiger charge is -2.27. The van der Waals surface area contributed by atoms with Crippen molar-refractivity contribution >= 4 is 39.9 Å². The third-order valence-electron chi connectivity index (χ3n) is 7.81. The molecule has 226 valence electrons. The number of methoxy groups -OCH3 is 1. The zero-order chi connectivity index (χ0) is 30.8. The molecule has 1 fully saturated rings. The molecule has 0 spiro atoms. The van der Waals surface area contributed by atoms with Gasteiger partial charge in [0, 0.05) is 67.7 Å². The van der Waals surface area contributed by atoms with Gasteiger partial charge in [0.15, 0.2) is 0 Å². The highest BCUT2D eigenvalue weighted by molar-refractivity contribution is 6.03. The molecule has 43 heavy (non-hydrogen) atoms. The minimum Gasteiger partial charge on any atom is -0.494 e. The molecule has 12 nitrogen and oxygen atoms in total. The first-order chi connectivity index (χ1) is 20.6. The van der Waals surface area contributed by atoms with Crippen molar-refractivity contribution < 1.29 is 19.2 Å². The zero-order valence-corrected chi connectivity index (χ0v) is 25.3. The molecular formula is C31H37N7O5. The highest BCUT2D eigenvalue weighted by atomic mass is 16.6. The topological polar surface area (TPSA) is 128 Å². The summed E-state index contributed by atoms with van der Waals surface area (Å²) in [5, 5.41) is 16.2. The van der Waals surface area contributed by atoms with Gasteiger partial charge < -0.3 is 29.2 Å². The molecule has 12 heteroatoms. The average molecular weight is 588 g/mol. The van der Waals surface area contributed by atoms with E-state index in [1.165, 1.54) is 19.4 Å². The van der Waals surface area contributed by atoms with E-state index in [4.69, 9.17) is 14.5 Å². The van der Waals surface area contributed by atoms with Gasteiger partial charge in [-0.25, -0.2) is 14.8 Å². The molecule has 0 saturated carbocycles. The number of nitrogens with one attached hydrogen (secondary N) is 1. The molecule has 0 aliphatic carbocycles. The van der Waals surface area contributed by atoms with Gasteiger partial charge in [0.2, 0.25) is 5.95 Å². The minimum absolute atomic E-state index is 0.0714. The van der Waals surface area contributed by atoms with Crippen LogP contribution in [0.5, 0.6) is 5.75 Å². The molecule has 1 saturated heterocycles. The number of nitro benzene ring substituents is 1. The first kappa shape index (κ1) is 29.8. The van der Waals surface area contributed by atoms with Crippen molar-refractivity contribution in [2.45, 2.75) is 38.8 Å². The van der Waals surface area contributed by atoms with E-state index in [2.05, 4.69) is 22.2 Å². The summed E-state index contributed by atoms with van der Waals surface area (Å²) in [6, 6.07) is 11.2. The number of nitro groups is 1. The number of nitrogens with zero attached hydrogens (tertiary/aromatic N) is 6. The maximum Gasteiger partial charge on any atom is 0.342 e. The van der Waals surface area contributed by atoms with Crippen LogP contribution in [0.1, 0.15) is 37.0 Å². The predicted molar refractivity (Wildman–Crippen MR) is 166 cm³/mol. The lowest BCUT2D eigenvalue weighted by atomic mass is 10.1. The Morgan fingerprint density at radius 1 is 1.26 bits per heavy atom. The summed E-state index contributed by atoms with van der Waals surface area (Å²) >= 11 is 0. The summed E-state index contributed by atoms with van der Waals surface area (Å²) < 4.78 is 13.1. The van der Waals surface area contributed by atoms with Crippen molar-refractivity contribution in [2.75, 3.05) is 44.5 Å². The Kier molecular flexibility index (Phi) is 8.49. The number of aryl methyl sites for hydroxylation is 1. The predicted octanol–water partition coefficient (Wildman–Crippen LogP) is 5.39. The lowest BCUT2D eigenvalue weighted by Crippen LogP contribution is -2.36. The van der Waals surface area contributed by atoms with Gasteiger partial charge in [0.1, 0.15) is 17.0 Å². The monoisotopic (exact) mass is 587 g/mol. The largest absolute Gasteiger partial charge is 0.494 e. The normalized spacial score (nSPS) is 15.2. The van der Waals surface area contributed by atoms with Crippen LogP contribution >= 0.6 is 0 Å². The lowest BCUT2D eigenvalue weighted by molar-refractivity contribution is -0.384. The quantitative estimate of drug-likeness (QED) is 0.146. The highest BCUT2D eigenvalue weighted by Gasteiger charge is 2.28. The third-order valence-corrected chi connectivity index (χ3v) is 7.81. The van der Waals surface area contributed by atoms with Crippen LogP contribution in [0.15, 0.2) is 48.8 Å². The molecule has 2 aromatic heterocycles. The van der Waals surface area contributed by atoms with Gasteiger partial charge in [-0.2, -0.15) is 0 Å². The molecule has 5 rings (SSSR count). The second-order valence-corrected chi connectivity index (χ2v) is 11.2. The van der Waals surface area contributed by atoms with Crippen LogP contribution in [0.3, 0.4) is 0 Å². The molecule has 1 aliphatic rings. The van der Waals surface area contributed by atoms with Gasteiger partial charge in [-0.15, -0.1) is 0 Å². The number of carbonyl (C=O) groups is 1.